The monoisotopic (exact) mass is 714 g/mol. The van der Waals surface area contributed by atoms with Crippen LogP contribution in [0.15, 0.2) is 36.7 Å². The highest BCUT2D eigenvalue weighted by molar-refractivity contribution is 6.07. The van der Waals surface area contributed by atoms with E-state index in [9.17, 15) is 32.3 Å². The van der Waals surface area contributed by atoms with E-state index in [0.717, 1.165) is 48.4 Å². The van der Waals surface area contributed by atoms with E-state index in [1.54, 1.807) is 35.8 Å². The second-order valence-electron chi connectivity index (χ2n) is 14.8. The number of hydrogen-bond donors (Lipinski definition) is 0. The fourth-order valence-electron chi connectivity index (χ4n) is 8.21. The molecule has 0 radical (unpaired) electrons. The number of benzene rings is 1. The van der Waals surface area contributed by atoms with Crippen molar-refractivity contribution in [2.24, 2.45) is 5.41 Å². The summed E-state index contributed by atoms with van der Waals surface area (Å²) in [6.07, 6.45) is 4.80. The molecular formula is C39H41F3N6O4. The first kappa shape index (κ1) is 35.6. The Bertz CT molecular complexity index is 2090. The van der Waals surface area contributed by atoms with Crippen LogP contribution in [0.1, 0.15) is 104 Å². The van der Waals surface area contributed by atoms with Crippen molar-refractivity contribution in [3.8, 4) is 11.1 Å². The minimum absolute atomic E-state index is 0.0232. The molecule has 2 fully saturated rings. The van der Waals surface area contributed by atoms with Crippen molar-refractivity contribution in [3.63, 3.8) is 0 Å². The van der Waals surface area contributed by atoms with Crippen LogP contribution in [-0.4, -0.2) is 65.0 Å². The van der Waals surface area contributed by atoms with Gasteiger partial charge in [0.15, 0.2) is 11.6 Å². The Morgan fingerprint density at radius 3 is 2.38 bits per heavy atom. The van der Waals surface area contributed by atoms with Crippen LogP contribution in [0.5, 0.6) is 0 Å². The molecule has 0 unspecified atom stereocenters. The van der Waals surface area contributed by atoms with Gasteiger partial charge in [0.05, 0.1) is 23.7 Å². The van der Waals surface area contributed by atoms with Crippen molar-refractivity contribution < 1.29 is 32.3 Å². The number of carbonyl (C=O) groups is 4. The lowest BCUT2D eigenvalue weighted by Crippen LogP contribution is -2.45. The summed E-state index contributed by atoms with van der Waals surface area (Å²) in [5.74, 6) is -0.231. The van der Waals surface area contributed by atoms with Gasteiger partial charge >= 0.3 is 6.18 Å². The number of pyridine rings is 1. The van der Waals surface area contributed by atoms with E-state index in [4.69, 9.17) is 5.10 Å². The molecule has 4 aromatic rings. The zero-order valence-corrected chi connectivity index (χ0v) is 29.6. The zero-order valence-electron chi connectivity index (χ0n) is 29.6. The molecule has 52 heavy (non-hydrogen) atoms. The van der Waals surface area contributed by atoms with Crippen LogP contribution in [0.3, 0.4) is 0 Å². The third-order valence-corrected chi connectivity index (χ3v) is 11.1. The van der Waals surface area contributed by atoms with Crippen LogP contribution in [0.25, 0.3) is 22.0 Å². The third-order valence-electron chi connectivity index (χ3n) is 11.1. The Morgan fingerprint density at radius 2 is 1.67 bits per heavy atom. The molecule has 3 aliphatic rings. The molecule has 3 atom stereocenters. The number of alkyl halides is 3. The molecule has 1 aromatic carbocycles. The molecule has 1 amide bonds. The van der Waals surface area contributed by atoms with E-state index in [1.807, 2.05) is 12.1 Å². The SMILES string of the molecule is CC(=O)c1nn2c3c(cc(-c4cnc(C)nc4)cc13)CCCCCCC(=O)CC[C@@]13C[C@@H](C(=O)Cc4nc(C(F)(F)F)ccc4C)N(C(=O)C2)[C@@H]1C3. The van der Waals surface area contributed by atoms with Crippen molar-refractivity contribution >= 4 is 34.2 Å². The number of Topliss-reactive ketones (excluding diaryl/α,β-unsaturated/α-hetero) is 3. The van der Waals surface area contributed by atoms with Crippen LogP contribution < -0.4 is 0 Å². The summed E-state index contributed by atoms with van der Waals surface area (Å²) in [5.41, 5.74) is 2.38. The van der Waals surface area contributed by atoms with E-state index in [0.29, 0.717) is 60.8 Å². The van der Waals surface area contributed by atoms with Crippen LogP contribution in [0, 0.1) is 19.3 Å². The van der Waals surface area contributed by atoms with Crippen LogP contribution in [0.4, 0.5) is 13.2 Å². The van der Waals surface area contributed by atoms with E-state index in [1.165, 1.54) is 13.0 Å². The number of nitrogens with zero attached hydrogens (tertiary/aromatic N) is 6. The van der Waals surface area contributed by atoms with Gasteiger partial charge in [-0.15, -0.1) is 0 Å². The maximum Gasteiger partial charge on any atom is 0.433 e. The summed E-state index contributed by atoms with van der Waals surface area (Å²) < 4.78 is 42.2. The maximum absolute atomic E-state index is 14.5. The number of amides is 1. The maximum atomic E-state index is 14.5. The molecular weight excluding hydrogens is 673 g/mol. The van der Waals surface area contributed by atoms with Gasteiger partial charge in [-0.25, -0.2) is 15.0 Å². The number of aromatic nitrogens is 5. The van der Waals surface area contributed by atoms with Gasteiger partial charge in [-0.3, -0.25) is 23.9 Å². The molecule has 272 valence electrons. The Hall–Kier alpha value is -4.81. The standard InChI is InChI=1S/C39H41F3N6O4/c1-22-10-11-33(39(40,41)42)45-30(22)16-32(51)31-17-38-13-12-28(50)9-7-5-4-6-8-25-14-26(27-19-43-24(3)44-20-27)15-29-36(23(2)49)46-47(37(25)29)21-35(52)48(31)34(38)18-38/h10-11,14-15,19-20,31,34H,4-9,12-13,16-18,21H2,1-3H3/t31-,34+,38-/m0/s1. The summed E-state index contributed by atoms with van der Waals surface area (Å²) in [7, 11) is 0. The first-order chi connectivity index (χ1) is 24.7. The molecule has 0 spiro atoms. The molecule has 3 aromatic heterocycles. The van der Waals surface area contributed by atoms with Gasteiger partial charge < -0.3 is 4.90 Å². The molecule has 1 saturated carbocycles. The van der Waals surface area contributed by atoms with Gasteiger partial charge in [0.25, 0.3) is 0 Å². The lowest BCUT2D eigenvalue weighted by molar-refractivity contribution is -0.141. The fraction of sp³-hybridized carbons (Fsp3) is 0.487. The molecule has 13 heteroatoms. The van der Waals surface area contributed by atoms with Crippen molar-refractivity contribution in [3.05, 3.63) is 70.7 Å². The molecule has 0 N–H and O–H groups in total. The van der Waals surface area contributed by atoms with Gasteiger partial charge in [0.1, 0.15) is 29.5 Å². The van der Waals surface area contributed by atoms with Crippen molar-refractivity contribution in [1.29, 1.82) is 0 Å². The van der Waals surface area contributed by atoms with Crippen molar-refractivity contribution in [1.82, 2.24) is 29.6 Å². The summed E-state index contributed by atoms with van der Waals surface area (Å²) in [6.45, 7) is 4.61. The topological polar surface area (TPSA) is 128 Å². The average Bonchev–Trinajstić information content (AvgIpc) is 3.50. The smallest absolute Gasteiger partial charge is 0.327 e. The van der Waals surface area contributed by atoms with E-state index in [-0.39, 0.29) is 47.9 Å². The summed E-state index contributed by atoms with van der Waals surface area (Å²) in [5, 5.41) is 5.30. The predicted molar refractivity (Wildman–Crippen MR) is 185 cm³/mol. The highest BCUT2D eigenvalue weighted by Gasteiger charge is 2.66. The minimum atomic E-state index is -4.67. The molecule has 2 bridgehead atoms. The number of halogens is 3. The summed E-state index contributed by atoms with van der Waals surface area (Å²) >= 11 is 0. The predicted octanol–water partition coefficient (Wildman–Crippen LogP) is 6.75. The second-order valence-corrected chi connectivity index (χ2v) is 14.8. The Balaban J connectivity index is 1.28. The minimum Gasteiger partial charge on any atom is -0.327 e. The first-order valence-corrected chi connectivity index (χ1v) is 18.0. The second kappa shape index (κ2) is 13.6. The molecule has 2 aliphatic heterocycles. The highest BCUT2D eigenvalue weighted by Crippen LogP contribution is 2.62. The van der Waals surface area contributed by atoms with Crippen LogP contribution in [0.2, 0.25) is 0 Å². The average molecular weight is 715 g/mol. The Morgan fingerprint density at radius 1 is 0.942 bits per heavy atom. The Labute approximate surface area is 299 Å². The normalized spacial score (nSPS) is 22.7. The first-order valence-electron chi connectivity index (χ1n) is 18.0. The number of aryl methyl sites for hydroxylation is 3. The van der Waals surface area contributed by atoms with Gasteiger partial charge in [0, 0.05) is 49.2 Å². The van der Waals surface area contributed by atoms with E-state index < -0.39 is 29.1 Å². The van der Waals surface area contributed by atoms with Gasteiger partial charge in [-0.2, -0.15) is 18.3 Å². The largest absolute Gasteiger partial charge is 0.433 e. The van der Waals surface area contributed by atoms with Crippen LogP contribution >= 0.6 is 0 Å². The van der Waals surface area contributed by atoms with E-state index in [2.05, 4.69) is 15.0 Å². The lowest BCUT2D eigenvalue weighted by atomic mass is 9.89. The van der Waals surface area contributed by atoms with Crippen molar-refractivity contribution in [2.45, 2.75) is 116 Å². The van der Waals surface area contributed by atoms with Crippen molar-refractivity contribution in [2.75, 3.05) is 0 Å². The lowest BCUT2D eigenvalue weighted by Gasteiger charge is -2.27. The quantitative estimate of drug-likeness (QED) is 0.208. The number of piperidine rings is 1. The molecule has 10 nitrogen and oxygen atoms in total. The van der Waals surface area contributed by atoms with E-state index >= 15 is 0 Å². The summed E-state index contributed by atoms with van der Waals surface area (Å²) in [6, 6.07) is 4.93. The summed E-state index contributed by atoms with van der Waals surface area (Å²) in [4.78, 5) is 68.6. The number of rotatable bonds is 5. The fourth-order valence-corrected chi connectivity index (χ4v) is 8.21. The van der Waals surface area contributed by atoms with Crippen LogP contribution in [-0.2, 0) is 39.9 Å². The molecule has 1 saturated heterocycles. The third kappa shape index (κ3) is 6.89. The van der Waals surface area contributed by atoms with Gasteiger partial charge in [0.2, 0.25) is 5.91 Å². The number of ketones is 3. The Kier molecular flexibility index (Phi) is 9.33. The number of carbonyl (C=O) groups excluding carboxylic acids is 4. The molecule has 7 rings (SSSR count). The molecule has 1 aliphatic carbocycles. The highest BCUT2D eigenvalue weighted by atomic mass is 19.4. The zero-order chi connectivity index (χ0) is 36.9. The van der Waals surface area contributed by atoms with Gasteiger partial charge in [-0.05, 0) is 92.7 Å². The molecule has 5 heterocycles. The number of hydrogen-bond acceptors (Lipinski definition) is 8. The van der Waals surface area contributed by atoms with Gasteiger partial charge in [-0.1, -0.05) is 18.9 Å².